The summed E-state index contributed by atoms with van der Waals surface area (Å²) in [6.45, 7) is 2.02. The van der Waals surface area contributed by atoms with Crippen molar-refractivity contribution in [3.05, 3.63) is 84.4 Å². The SMILES string of the molecule is Cc1ccc2oc(-c3ccc(NC(=O)Nc4cc(-c5cc6ccccc6s5)[nH]n4)cc3)nc2c1. The number of amides is 2. The van der Waals surface area contributed by atoms with Crippen molar-refractivity contribution in [1.29, 1.82) is 0 Å². The number of H-pyrrole nitrogens is 1. The molecule has 3 aromatic carbocycles. The second kappa shape index (κ2) is 8.17. The molecule has 3 aromatic heterocycles. The molecule has 0 bridgehead atoms. The van der Waals surface area contributed by atoms with Gasteiger partial charge in [0.15, 0.2) is 11.4 Å². The third-order valence-corrected chi connectivity index (χ3v) is 6.59. The van der Waals surface area contributed by atoms with Gasteiger partial charge in [0.1, 0.15) is 5.52 Å². The lowest BCUT2D eigenvalue weighted by molar-refractivity contribution is 0.262. The van der Waals surface area contributed by atoms with Crippen LogP contribution in [-0.2, 0) is 0 Å². The molecule has 34 heavy (non-hydrogen) atoms. The van der Waals surface area contributed by atoms with Crippen molar-refractivity contribution in [2.75, 3.05) is 10.6 Å². The number of anilines is 2. The van der Waals surface area contributed by atoms with Crippen molar-refractivity contribution >= 4 is 50.1 Å². The molecule has 0 fully saturated rings. The summed E-state index contributed by atoms with van der Waals surface area (Å²) in [5.41, 5.74) is 5.04. The molecule has 0 aliphatic heterocycles. The third kappa shape index (κ3) is 3.91. The summed E-state index contributed by atoms with van der Waals surface area (Å²) in [6, 6.07) is 25.0. The van der Waals surface area contributed by atoms with Crippen molar-refractivity contribution in [1.82, 2.24) is 15.2 Å². The fourth-order valence-corrected chi connectivity index (χ4v) is 4.79. The van der Waals surface area contributed by atoms with Crippen LogP contribution in [-0.4, -0.2) is 21.2 Å². The summed E-state index contributed by atoms with van der Waals surface area (Å²) in [4.78, 5) is 18.1. The van der Waals surface area contributed by atoms with Gasteiger partial charge in [-0.3, -0.25) is 10.4 Å². The Hall–Kier alpha value is -4.43. The Balaban J connectivity index is 1.13. The minimum Gasteiger partial charge on any atom is -0.436 e. The maximum atomic E-state index is 12.5. The number of carbonyl (C=O) groups is 1. The molecule has 0 aliphatic carbocycles. The highest BCUT2D eigenvalue weighted by Crippen LogP contribution is 2.33. The number of hydrogen-bond acceptors (Lipinski definition) is 5. The fraction of sp³-hybridized carbons (Fsp3) is 0.0385. The largest absolute Gasteiger partial charge is 0.436 e. The van der Waals surface area contributed by atoms with Gasteiger partial charge >= 0.3 is 6.03 Å². The van der Waals surface area contributed by atoms with E-state index in [1.54, 1.807) is 11.3 Å². The van der Waals surface area contributed by atoms with E-state index in [-0.39, 0.29) is 6.03 Å². The molecule has 7 nitrogen and oxygen atoms in total. The Morgan fingerprint density at radius 2 is 1.82 bits per heavy atom. The molecular formula is C26H19N5O2S. The number of aromatic nitrogens is 3. The summed E-state index contributed by atoms with van der Waals surface area (Å²) < 4.78 is 7.05. The van der Waals surface area contributed by atoms with E-state index in [9.17, 15) is 4.79 Å². The molecule has 0 aliphatic rings. The van der Waals surface area contributed by atoms with E-state index in [1.807, 2.05) is 67.6 Å². The summed E-state index contributed by atoms with van der Waals surface area (Å²) in [5, 5.41) is 14.0. The van der Waals surface area contributed by atoms with E-state index in [4.69, 9.17) is 4.42 Å². The van der Waals surface area contributed by atoms with Crippen LogP contribution in [0.25, 0.3) is 43.2 Å². The Kier molecular flexibility index (Phi) is 4.85. The highest BCUT2D eigenvalue weighted by atomic mass is 32.1. The normalized spacial score (nSPS) is 11.2. The number of rotatable bonds is 4. The Labute approximate surface area is 198 Å². The molecule has 2 amide bonds. The van der Waals surface area contributed by atoms with Crippen LogP contribution >= 0.6 is 11.3 Å². The molecule has 3 N–H and O–H groups in total. The molecule has 6 rings (SSSR count). The lowest BCUT2D eigenvalue weighted by atomic mass is 10.2. The van der Waals surface area contributed by atoms with Gasteiger partial charge in [-0.15, -0.1) is 11.3 Å². The van der Waals surface area contributed by atoms with Gasteiger partial charge in [0.25, 0.3) is 0 Å². The summed E-state index contributed by atoms with van der Waals surface area (Å²) in [5.74, 6) is 0.991. The van der Waals surface area contributed by atoms with E-state index in [2.05, 4.69) is 44.0 Å². The van der Waals surface area contributed by atoms with Gasteiger partial charge in [0.2, 0.25) is 5.89 Å². The number of benzene rings is 3. The average Bonchev–Trinajstić information content (AvgIpc) is 3.57. The molecular weight excluding hydrogens is 446 g/mol. The van der Waals surface area contributed by atoms with Crippen LogP contribution in [0.1, 0.15) is 5.56 Å². The van der Waals surface area contributed by atoms with Gasteiger partial charge in [-0.2, -0.15) is 5.10 Å². The van der Waals surface area contributed by atoms with Crippen LogP contribution in [0.5, 0.6) is 0 Å². The zero-order chi connectivity index (χ0) is 23.1. The molecule has 166 valence electrons. The molecule has 0 saturated heterocycles. The van der Waals surface area contributed by atoms with E-state index in [0.29, 0.717) is 17.4 Å². The molecule has 8 heteroatoms. The lowest BCUT2D eigenvalue weighted by Crippen LogP contribution is -2.19. The topological polar surface area (TPSA) is 95.8 Å². The van der Waals surface area contributed by atoms with Gasteiger partial charge in [-0.1, -0.05) is 24.3 Å². The van der Waals surface area contributed by atoms with Gasteiger partial charge in [0.05, 0.1) is 10.6 Å². The third-order valence-electron chi connectivity index (χ3n) is 5.44. The molecule has 0 unspecified atom stereocenters. The van der Waals surface area contributed by atoms with Crippen molar-refractivity contribution < 1.29 is 9.21 Å². The van der Waals surface area contributed by atoms with E-state index >= 15 is 0 Å². The minimum absolute atomic E-state index is 0.375. The van der Waals surface area contributed by atoms with Crippen LogP contribution in [0.3, 0.4) is 0 Å². The highest BCUT2D eigenvalue weighted by Gasteiger charge is 2.11. The Morgan fingerprint density at radius 1 is 0.971 bits per heavy atom. The van der Waals surface area contributed by atoms with Crippen LogP contribution in [0.15, 0.2) is 83.3 Å². The maximum absolute atomic E-state index is 12.5. The van der Waals surface area contributed by atoms with Crippen molar-refractivity contribution in [2.45, 2.75) is 6.92 Å². The summed E-state index contributed by atoms with van der Waals surface area (Å²) in [6.07, 6.45) is 0. The highest BCUT2D eigenvalue weighted by molar-refractivity contribution is 7.22. The predicted octanol–water partition coefficient (Wildman–Crippen LogP) is 7.05. The number of hydrogen-bond donors (Lipinski definition) is 3. The van der Waals surface area contributed by atoms with Crippen LogP contribution < -0.4 is 10.6 Å². The van der Waals surface area contributed by atoms with Crippen LogP contribution in [0.2, 0.25) is 0 Å². The number of nitrogens with zero attached hydrogens (tertiary/aromatic N) is 2. The summed E-state index contributed by atoms with van der Waals surface area (Å²) in [7, 11) is 0. The number of nitrogens with one attached hydrogen (secondary N) is 3. The number of aryl methyl sites for hydroxylation is 1. The van der Waals surface area contributed by atoms with Crippen molar-refractivity contribution in [2.24, 2.45) is 0 Å². The van der Waals surface area contributed by atoms with Gasteiger partial charge in [0, 0.05) is 22.0 Å². The van der Waals surface area contributed by atoms with Crippen molar-refractivity contribution in [3.63, 3.8) is 0 Å². The fourth-order valence-electron chi connectivity index (χ4n) is 3.76. The van der Waals surface area contributed by atoms with Gasteiger partial charge in [-0.05, 0) is 66.4 Å². The molecule has 0 atom stereocenters. The molecule has 6 aromatic rings. The first-order chi connectivity index (χ1) is 16.6. The average molecular weight is 466 g/mol. The standard InChI is InChI=1S/C26H19N5O2S/c1-15-6-11-21-19(12-15)28-25(33-21)16-7-9-18(10-8-16)27-26(32)29-24-14-20(30-31-24)23-13-17-4-2-3-5-22(17)34-23/h2-14H,1H3,(H3,27,29,30,31,32). The Bertz CT molecular complexity index is 1610. The first-order valence-corrected chi connectivity index (χ1v) is 11.5. The van der Waals surface area contributed by atoms with Gasteiger partial charge < -0.3 is 9.73 Å². The van der Waals surface area contributed by atoms with Crippen molar-refractivity contribution in [3.8, 4) is 22.0 Å². The number of carbonyl (C=O) groups excluding carboxylic acids is 1. The first-order valence-electron chi connectivity index (χ1n) is 10.7. The first kappa shape index (κ1) is 20.2. The molecule has 3 heterocycles. The summed E-state index contributed by atoms with van der Waals surface area (Å²) >= 11 is 1.67. The van der Waals surface area contributed by atoms with E-state index in [1.165, 1.54) is 10.1 Å². The lowest BCUT2D eigenvalue weighted by Gasteiger charge is -2.05. The number of thiophene rings is 1. The van der Waals surface area contributed by atoms with Gasteiger partial charge in [-0.25, -0.2) is 9.78 Å². The molecule has 0 radical (unpaired) electrons. The number of urea groups is 1. The Morgan fingerprint density at radius 3 is 2.68 bits per heavy atom. The second-order valence-electron chi connectivity index (χ2n) is 7.96. The molecule has 0 spiro atoms. The number of fused-ring (bicyclic) bond motifs is 2. The number of aromatic amines is 1. The monoisotopic (exact) mass is 465 g/mol. The zero-order valence-electron chi connectivity index (χ0n) is 18.1. The smallest absolute Gasteiger partial charge is 0.324 e. The van der Waals surface area contributed by atoms with Crippen LogP contribution in [0, 0.1) is 6.92 Å². The van der Waals surface area contributed by atoms with E-state index in [0.717, 1.165) is 32.8 Å². The number of oxazole rings is 1. The predicted molar refractivity (Wildman–Crippen MR) is 136 cm³/mol. The zero-order valence-corrected chi connectivity index (χ0v) is 18.9. The minimum atomic E-state index is -0.375. The van der Waals surface area contributed by atoms with E-state index < -0.39 is 0 Å². The quantitative estimate of drug-likeness (QED) is 0.260. The molecule has 0 saturated carbocycles. The second-order valence-corrected chi connectivity index (χ2v) is 9.05. The van der Waals surface area contributed by atoms with Crippen LogP contribution in [0.4, 0.5) is 16.3 Å². The maximum Gasteiger partial charge on any atom is 0.324 e.